The number of aliphatic hydroxyl groups excluding tert-OH is 1. The van der Waals surface area contributed by atoms with E-state index in [4.69, 9.17) is 0 Å². The van der Waals surface area contributed by atoms with E-state index in [1.807, 2.05) is 13.8 Å². The highest BCUT2D eigenvalue weighted by Crippen LogP contribution is 2.29. The van der Waals surface area contributed by atoms with Crippen LogP contribution in [0.25, 0.3) is 0 Å². The topological polar surface area (TPSA) is 57.6 Å². The van der Waals surface area contributed by atoms with Crippen LogP contribution in [0.1, 0.15) is 37.6 Å². The van der Waals surface area contributed by atoms with Crippen LogP contribution in [0, 0.1) is 12.8 Å². The maximum absolute atomic E-state index is 12.6. The predicted octanol–water partition coefficient (Wildman–Crippen LogP) is 2.61. The second-order valence-electron chi connectivity index (χ2n) is 4.80. The zero-order valence-corrected chi connectivity index (χ0v) is 13.6. The van der Waals surface area contributed by atoms with Crippen molar-refractivity contribution in [2.24, 2.45) is 5.92 Å². The highest BCUT2D eigenvalue weighted by atomic mass is 32.2. The average molecular weight is 305 g/mol. The van der Waals surface area contributed by atoms with Gasteiger partial charge in [-0.3, -0.25) is 0 Å². The molecule has 0 aliphatic rings. The van der Waals surface area contributed by atoms with Crippen LogP contribution in [0.4, 0.5) is 0 Å². The van der Waals surface area contributed by atoms with Crippen molar-refractivity contribution in [3.05, 3.63) is 16.5 Å². The maximum Gasteiger partial charge on any atom is 0.252 e. The number of hydrogen-bond acceptors (Lipinski definition) is 4. The van der Waals surface area contributed by atoms with Gasteiger partial charge in [0.15, 0.2) is 0 Å². The highest BCUT2D eigenvalue weighted by molar-refractivity contribution is 7.91. The van der Waals surface area contributed by atoms with Crippen molar-refractivity contribution in [3.63, 3.8) is 0 Å². The molecule has 0 fully saturated rings. The zero-order chi connectivity index (χ0) is 14.6. The van der Waals surface area contributed by atoms with Gasteiger partial charge in [0.2, 0.25) is 0 Å². The van der Waals surface area contributed by atoms with Crippen LogP contribution < -0.4 is 0 Å². The van der Waals surface area contributed by atoms with Crippen LogP contribution in [0.3, 0.4) is 0 Å². The Hall–Kier alpha value is -0.430. The molecule has 0 aliphatic heterocycles. The molecule has 1 rings (SSSR count). The number of rotatable bonds is 7. The molecule has 1 heterocycles. The summed E-state index contributed by atoms with van der Waals surface area (Å²) in [7, 11) is -3.43. The summed E-state index contributed by atoms with van der Waals surface area (Å²) in [6.07, 6.45) is 0.956. The molecule has 6 heteroatoms. The minimum absolute atomic E-state index is 0.108. The van der Waals surface area contributed by atoms with E-state index in [1.165, 1.54) is 15.6 Å². The molecule has 4 nitrogen and oxygen atoms in total. The fourth-order valence-electron chi connectivity index (χ4n) is 1.77. The van der Waals surface area contributed by atoms with Crippen molar-refractivity contribution in [2.75, 3.05) is 13.1 Å². The second-order valence-corrected chi connectivity index (χ2v) is 8.10. The van der Waals surface area contributed by atoms with Crippen molar-refractivity contribution in [2.45, 2.75) is 44.9 Å². The summed E-state index contributed by atoms with van der Waals surface area (Å²) in [5.41, 5.74) is 0.839. The summed E-state index contributed by atoms with van der Waals surface area (Å²) in [6.45, 7) is 8.70. The van der Waals surface area contributed by atoms with Crippen molar-refractivity contribution < 1.29 is 13.5 Å². The number of sulfonamides is 1. The van der Waals surface area contributed by atoms with Crippen LogP contribution >= 0.6 is 11.3 Å². The Morgan fingerprint density at radius 1 is 1.42 bits per heavy atom. The molecular weight excluding hydrogens is 282 g/mol. The fourth-order valence-corrected chi connectivity index (χ4v) is 4.95. The molecule has 1 atom stereocenters. The van der Waals surface area contributed by atoms with Crippen molar-refractivity contribution in [3.8, 4) is 0 Å². The summed E-state index contributed by atoms with van der Waals surface area (Å²) in [6, 6.07) is 1.66. The van der Waals surface area contributed by atoms with Gasteiger partial charge in [-0.2, -0.15) is 4.31 Å². The van der Waals surface area contributed by atoms with Gasteiger partial charge >= 0.3 is 0 Å². The lowest BCUT2D eigenvalue weighted by Crippen LogP contribution is -2.34. The molecule has 1 aromatic rings. The molecule has 0 saturated heterocycles. The summed E-state index contributed by atoms with van der Waals surface area (Å²) < 4.78 is 27.0. The monoisotopic (exact) mass is 305 g/mol. The molecule has 0 amide bonds. The Morgan fingerprint density at radius 2 is 2.05 bits per heavy atom. The second kappa shape index (κ2) is 6.83. The van der Waals surface area contributed by atoms with Crippen molar-refractivity contribution in [1.82, 2.24) is 4.31 Å². The van der Waals surface area contributed by atoms with E-state index in [-0.39, 0.29) is 6.61 Å². The lowest BCUT2D eigenvalue weighted by atomic mass is 10.1. The molecule has 110 valence electrons. The van der Waals surface area contributed by atoms with E-state index in [0.717, 1.165) is 16.9 Å². The first-order valence-corrected chi connectivity index (χ1v) is 8.82. The molecule has 1 unspecified atom stereocenters. The smallest absolute Gasteiger partial charge is 0.252 e. The summed E-state index contributed by atoms with van der Waals surface area (Å²) >= 11 is 1.17. The van der Waals surface area contributed by atoms with E-state index in [2.05, 4.69) is 13.8 Å². The van der Waals surface area contributed by atoms with Crippen LogP contribution in [0.15, 0.2) is 10.3 Å². The van der Waals surface area contributed by atoms with Gasteiger partial charge in [-0.25, -0.2) is 8.42 Å². The van der Waals surface area contributed by atoms with Crippen molar-refractivity contribution >= 4 is 21.4 Å². The minimum Gasteiger partial charge on any atom is -0.391 e. The molecule has 1 aromatic heterocycles. The van der Waals surface area contributed by atoms with Crippen LogP contribution in [0.5, 0.6) is 0 Å². The number of thiophene rings is 1. The molecule has 0 aromatic carbocycles. The van der Waals surface area contributed by atoms with E-state index in [1.54, 1.807) is 6.07 Å². The van der Waals surface area contributed by atoms with E-state index in [9.17, 15) is 13.5 Å². The van der Waals surface area contributed by atoms with E-state index < -0.39 is 10.0 Å². The van der Waals surface area contributed by atoms with Gasteiger partial charge in [0.25, 0.3) is 10.0 Å². The SMILES string of the molecule is CCC(C)CN(CC)S(=O)(=O)c1cc(C)c(CO)s1. The quantitative estimate of drug-likeness (QED) is 0.842. The molecule has 0 bridgehead atoms. The largest absolute Gasteiger partial charge is 0.391 e. The lowest BCUT2D eigenvalue weighted by molar-refractivity contribution is 0.285. The number of hydrogen-bond donors (Lipinski definition) is 1. The van der Waals surface area contributed by atoms with Crippen molar-refractivity contribution in [1.29, 1.82) is 0 Å². The van der Waals surface area contributed by atoms with Gasteiger partial charge in [-0.05, 0) is 24.5 Å². The Morgan fingerprint density at radius 3 is 2.47 bits per heavy atom. The van der Waals surface area contributed by atoms with Crippen LogP contribution in [0.2, 0.25) is 0 Å². The summed E-state index contributed by atoms with van der Waals surface area (Å²) in [5.74, 6) is 0.341. The third kappa shape index (κ3) is 3.78. The third-order valence-electron chi connectivity index (χ3n) is 3.30. The number of nitrogens with zero attached hydrogens (tertiary/aromatic N) is 1. The van der Waals surface area contributed by atoms with Gasteiger partial charge in [0.1, 0.15) is 4.21 Å². The molecule has 0 aliphatic carbocycles. The lowest BCUT2D eigenvalue weighted by Gasteiger charge is -2.22. The van der Waals surface area contributed by atoms with Gasteiger partial charge in [-0.15, -0.1) is 11.3 Å². The third-order valence-corrected chi connectivity index (χ3v) is 6.91. The first-order valence-electron chi connectivity index (χ1n) is 6.57. The van der Waals surface area contributed by atoms with Crippen LogP contribution in [-0.4, -0.2) is 30.9 Å². The minimum atomic E-state index is -3.43. The fraction of sp³-hybridized carbons (Fsp3) is 0.692. The highest BCUT2D eigenvalue weighted by Gasteiger charge is 2.26. The normalized spacial score (nSPS) is 14.0. The Bertz CT molecular complexity index is 508. The standard InChI is InChI=1S/C13H23NO3S2/c1-5-10(3)8-14(6-2)19(16,17)13-7-11(4)12(9-15)18-13/h7,10,15H,5-6,8-9H2,1-4H3. The zero-order valence-electron chi connectivity index (χ0n) is 12.0. The van der Waals surface area contributed by atoms with Gasteiger partial charge in [-0.1, -0.05) is 27.2 Å². The Balaban J connectivity index is 3.06. The predicted molar refractivity (Wildman–Crippen MR) is 78.9 cm³/mol. The number of aryl methyl sites for hydroxylation is 1. The average Bonchev–Trinajstić information content (AvgIpc) is 2.77. The molecule has 0 radical (unpaired) electrons. The maximum atomic E-state index is 12.6. The molecule has 0 spiro atoms. The molecular formula is C13H23NO3S2. The molecule has 19 heavy (non-hydrogen) atoms. The molecule has 1 N–H and O–H groups in total. The van der Waals surface area contributed by atoms with E-state index in [0.29, 0.717) is 23.2 Å². The van der Waals surface area contributed by atoms with Crippen LogP contribution in [-0.2, 0) is 16.6 Å². The summed E-state index contributed by atoms with van der Waals surface area (Å²) in [4.78, 5) is 0.721. The van der Waals surface area contributed by atoms with Gasteiger partial charge < -0.3 is 5.11 Å². The summed E-state index contributed by atoms with van der Waals surface area (Å²) in [5, 5.41) is 9.18. The Kier molecular flexibility index (Phi) is 5.98. The first-order chi connectivity index (χ1) is 8.86. The first kappa shape index (κ1) is 16.6. The van der Waals surface area contributed by atoms with Gasteiger partial charge in [0.05, 0.1) is 6.61 Å². The Labute approximate surface area is 120 Å². The van der Waals surface area contributed by atoms with E-state index >= 15 is 0 Å². The van der Waals surface area contributed by atoms with Gasteiger partial charge in [0, 0.05) is 18.0 Å². The number of aliphatic hydroxyl groups is 1. The molecule has 0 saturated carbocycles.